The van der Waals surface area contributed by atoms with Crippen LogP contribution in [0.15, 0.2) is 41.6 Å². The van der Waals surface area contributed by atoms with E-state index in [1.54, 1.807) is 31.2 Å². The standard InChI is InChI=1S/C13H14ClN3O2S/c1-9-11(14)3-2-4-12(9)17-20(18,19)13-6-5-10(7-15)8-16-13/h2-6,8,17H,7,15H2,1H3. The normalized spacial score (nSPS) is 11.3. The van der Waals surface area contributed by atoms with E-state index in [1.807, 2.05) is 0 Å². The first-order valence-corrected chi connectivity index (χ1v) is 7.73. The quantitative estimate of drug-likeness (QED) is 0.907. The molecular formula is C13H14ClN3O2S. The molecule has 0 aliphatic heterocycles. The summed E-state index contributed by atoms with van der Waals surface area (Å²) in [5, 5.41) is 0.436. The first-order chi connectivity index (χ1) is 9.44. The molecule has 0 unspecified atom stereocenters. The lowest BCUT2D eigenvalue weighted by molar-refractivity contribution is 0.597. The monoisotopic (exact) mass is 311 g/mol. The van der Waals surface area contributed by atoms with Gasteiger partial charge in [0.25, 0.3) is 10.0 Å². The number of nitrogens with one attached hydrogen (secondary N) is 1. The Labute approximate surface area is 122 Å². The molecule has 20 heavy (non-hydrogen) atoms. The van der Waals surface area contributed by atoms with Crippen LogP contribution in [0.5, 0.6) is 0 Å². The summed E-state index contributed by atoms with van der Waals surface area (Å²) < 4.78 is 26.9. The van der Waals surface area contributed by atoms with Gasteiger partial charge in [0.1, 0.15) is 0 Å². The second kappa shape index (κ2) is 5.78. The van der Waals surface area contributed by atoms with Gasteiger partial charge >= 0.3 is 0 Å². The number of aromatic nitrogens is 1. The van der Waals surface area contributed by atoms with Crippen LogP contribution in [0.2, 0.25) is 5.02 Å². The number of halogens is 1. The lowest BCUT2D eigenvalue weighted by Gasteiger charge is -2.11. The number of rotatable bonds is 4. The maximum absolute atomic E-state index is 12.2. The Hall–Kier alpha value is -1.63. The zero-order valence-electron chi connectivity index (χ0n) is 10.8. The van der Waals surface area contributed by atoms with E-state index in [9.17, 15) is 8.42 Å². The van der Waals surface area contributed by atoms with Crippen LogP contribution in [0, 0.1) is 6.92 Å². The fourth-order valence-electron chi connectivity index (χ4n) is 1.61. The molecule has 7 heteroatoms. The lowest BCUT2D eigenvalue weighted by atomic mass is 10.2. The van der Waals surface area contributed by atoms with E-state index in [0.717, 1.165) is 5.56 Å². The number of nitrogens with two attached hydrogens (primary N) is 1. The number of nitrogens with zero attached hydrogens (tertiary/aromatic N) is 1. The molecule has 106 valence electrons. The Bertz CT molecular complexity index is 715. The predicted octanol–water partition coefficient (Wildman–Crippen LogP) is 2.30. The van der Waals surface area contributed by atoms with Crippen molar-refractivity contribution in [1.82, 2.24) is 4.98 Å². The number of sulfonamides is 1. The number of anilines is 1. The van der Waals surface area contributed by atoms with Gasteiger partial charge in [-0.05, 0) is 36.2 Å². The Morgan fingerprint density at radius 3 is 2.65 bits per heavy atom. The molecule has 1 heterocycles. The van der Waals surface area contributed by atoms with Crippen LogP contribution < -0.4 is 10.5 Å². The fraction of sp³-hybridized carbons (Fsp3) is 0.154. The molecule has 0 bridgehead atoms. The molecule has 2 rings (SSSR count). The Kier molecular flexibility index (Phi) is 4.27. The van der Waals surface area contributed by atoms with Gasteiger partial charge in [-0.1, -0.05) is 23.7 Å². The third-order valence-electron chi connectivity index (χ3n) is 2.82. The zero-order chi connectivity index (χ0) is 14.8. The van der Waals surface area contributed by atoms with Crippen LogP contribution in [-0.4, -0.2) is 13.4 Å². The number of hydrogen-bond acceptors (Lipinski definition) is 4. The fourth-order valence-corrected chi connectivity index (χ4v) is 2.83. The molecule has 0 spiro atoms. The van der Waals surface area contributed by atoms with Gasteiger partial charge in [-0.25, -0.2) is 4.98 Å². The molecule has 0 amide bonds. The minimum Gasteiger partial charge on any atom is -0.326 e. The minimum atomic E-state index is -3.74. The Morgan fingerprint density at radius 1 is 1.30 bits per heavy atom. The summed E-state index contributed by atoms with van der Waals surface area (Å²) >= 11 is 5.96. The van der Waals surface area contributed by atoms with Crippen molar-refractivity contribution < 1.29 is 8.42 Å². The van der Waals surface area contributed by atoms with Crippen molar-refractivity contribution in [2.75, 3.05) is 4.72 Å². The molecule has 1 aromatic heterocycles. The maximum atomic E-state index is 12.2. The van der Waals surface area contributed by atoms with Crippen molar-refractivity contribution in [3.05, 3.63) is 52.7 Å². The molecular weight excluding hydrogens is 298 g/mol. The highest BCUT2D eigenvalue weighted by atomic mass is 35.5. The molecule has 0 fully saturated rings. The van der Waals surface area contributed by atoms with Crippen LogP contribution >= 0.6 is 11.6 Å². The van der Waals surface area contributed by atoms with E-state index < -0.39 is 10.0 Å². The van der Waals surface area contributed by atoms with E-state index in [1.165, 1.54) is 12.3 Å². The summed E-state index contributed by atoms with van der Waals surface area (Å²) in [4.78, 5) is 3.91. The molecule has 0 saturated heterocycles. The minimum absolute atomic E-state index is 0.0610. The zero-order valence-corrected chi connectivity index (χ0v) is 12.4. The summed E-state index contributed by atoms with van der Waals surface area (Å²) in [5.74, 6) is 0. The van der Waals surface area contributed by atoms with Gasteiger partial charge in [0, 0.05) is 17.8 Å². The topological polar surface area (TPSA) is 85.1 Å². The lowest BCUT2D eigenvalue weighted by Crippen LogP contribution is -2.15. The largest absolute Gasteiger partial charge is 0.326 e. The van der Waals surface area contributed by atoms with E-state index in [0.29, 0.717) is 22.8 Å². The van der Waals surface area contributed by atoms with Crippen LogP contribution in [-0.2, 0) is 16.6 Å². The molecule has 0 aliphatic carbocycles. The van der Waals surface area contributed by atoms with Gasteiger partial charge in [0.15, 0.2) is 5.03 Å². The first-order valence-electron chi connectivity index (χ1n) is 5.87. The van der Waals surface area contributed by atoms with Gasteiger partial charge in [-0.2, -0.15) is 8.42 Å². The summed E-state index contributed by atoms with van der Waals surface area (Å²) in [6, 6.07) is 8.07. The van der Waals surface area contributed by atoms with Gasteiger partial charge in [-0.3, -0.25) is 4.72 Å². The Balaban J connectivity index is 2.33. The van der Waals surface area contributed by atoms with Gasteiger partial charge in [0.05, 0.1) is 5.69 Å². The van der Waals surface area contributed by atoms with Crippen LogP contribution in [0.25, 0.3) is 0 Å². The molecule has 1 aromatic carbocycles. The first kappa shape index (κ1) is 14.8. The van der Waals surface area contributed by atoms with Crippen LogP contribution in [0.1, 0.15) is 11.1 Å². The van der Waals surface area contributed by atoms with Gasteiger partial charge in [0.2, 0.25) is 0 Å². The van der Waals surface area contributed by atoms with E-state index in [-0.39, 0.29) is 5.03 Å². The van der Waals surface area contributed by atoms with E-state index in [4.69, 9.17) is 17.3 Å². The van der Waals surface area contributed by atoms with Crippen molar-refractivity contribution in [2.45, 2.75) is 18.5 Å². The third-order valence-corrected chi connectivity index (χ3v) is 4.51. The van der Waals surface area contributed by atoms with Crippen LogP contribution in [0.4, 0.5) is 5.69 Å². The molecule has 0 aliphatic rings. The molecule has 3 N–H and O–H groups in total. The average molecular weight is 312 g/mol. The van der Waals surface area contributed by atoms with Gasteiger partial charge < -0.3 is 5.73 Å². The van der Waals surface area contributed by atoms with E-state index in [2.05, 4.69) is 9.71 Å². The maximum Gasteiger partial charge on any atom is 0.279 e. The number of pyridine rings is 1. The highest BCUT2D eigenvalue weighted by Crippen LogP contribution is 2.25. The highest BCUT2D eigenvalue weighted by Gasteiger charge is 2.17. The van der Waals surface area contributed by atoms with Gasteiger partial charge in [-0.15, -0.1) is 0 Å². The molecule has 5 nitrogen and oxygen atoms in total. The summed E-state index contributed by atoms with van der Waals surface area (Å²) in [6.07, 6.45) is 1.44. The summed E-state index contributed by atoms with van der Waals surface area (Å²) in [5.41, 5.74) is 7.31. The van der Waals surface area contributed by atoms with Crippen LogP contribution in [0.3, 0.4) is 0 Å². The second-order valence-corrected chi connectivity index (χ2v) is 6.26. The van der Waals surface area contributed by atoms with Crippen molar-refractivity contribution in [2.24, 2.45) is 5.73 Å². The summed E-state index contributed by atoms with van der Waals surface area (Å²) in [6.45, 7) is 2.05. The third kappa shape index (κ3) is 3.09. The van der Waals surface area contributed by atoms with Crippen molar-refractivity contribution in [3.8, 4) is 0 Å². The number of benzene rings is 1. The SMILES string of the molecule is Cc1c(Cl)cccc1NS(=O)(=O)c1ccc(CN)cn1. The second-order valence-electron chi connectivity index (χ2n) is 4.23. The highest BCUT2D eigenvalue weighted by molar-refractivity contribution is 7.92. The smallest absolute Gasteiger partial charge is 0.279 e. The molecule has 0 radical (unpaired) electrons. The summed E-state index contributed by atoms with van der Waals surface area (Å²) in [7, 11) is -3.74. The average Bonchev–Trinajstić information content (AvgIpc) is 2.44. The van der Waals surface area contributed by atoms with Crippen molar-refractivity contribution >= 4 is 27.3 Å². The molecule has 0 saturated carbocycles. The molecule has 0 atom stereocenters. The van der Waals surface area contributed by atoms with Crippen molar-refractivity contribution in [3.63, 3.8) is 0 Å². The Morgan fingerprint density at radius 2 is 2.05 bits per heavy atom. The molecule has 2 aromatic rings. The predicted molar refractivity (Wildman–Crippen MR) is 79.1 cm³/mol. The number of hydrogen-bond donors (Lipinski definition) is 2. The van der Waals surface area contributed by atoms with Crippen molar-refractivity contribution in [1.29, 1.82) is 0 Å². The van der Waals surface area contributed by atoms with E-state index >= 15 is 0 Å².